The van der Waals surface area contributed by atoms with Crippen LogP contribution < -0.4 is 5.32 Å². The minimum absolute atomic E-state index is 0.134. The molecule has 0 saturated heterocycles. The quantitative estimate of drug-likeness (QED) is 0.542. The summed E-state index contributed by atoms with van der Waals surface area (Å²) in [5, 5.41) is 8.61. The number of pyridine rings is 1. The lowest BCUT2D eigenvalue weighted by atomic mass is 9.85. The summed E-state index contributed by atoms with van der Waals surface area (Å²) in [4.78, 5) is 30.5. The highest BCUT2D eigenvalue weighted by atomic mass is 16.2. The van der Waals surface area contributed by atoms with Gasteiger partial charge in [0.1, 0.15) is 12.0 Å². The lowest BCUT2D eigenvalue weighted by Crippen LogP contribution is -2.35. The van der Waals surface area contributed by atoms with Crippen LogP contribution in [-0.2, 0) is 4.79 Å². The second-order valence-corrected chi connectivity index (χ2v) is 8.06. The van der Waals surface area contributed by atoms with E-state index < -0.39 is 0 Å². The molecule has 4 heterocycles. The monoisotopic (exact) mass is 404 g/mol. The molecule has 0 radical (unpaired) electrons. The van der Waals surface area contributed by atoms with Crippen LogP contribution in [0.3, 0.4) is 0 Å². The molecule has 1 aliphatic rings. The Kier molecular flexibility index (Phi) is 4.57. The standard InChI is InChI=1S/C21H24N8O/c1-28(2)20(30)13-3-6-15(7-4-13)26-21-23-10-17-16(9-22-19(17)27-21)14-5-8-18-24-12-25-29(18)11-14/h5,8-13,15H,3-4,6-7H2,1-2H3,(H2,22,23,26,27). The largest absolute Gasteiger partial charge is 0.351 e. The van der Waals surface area contributed by atoms with Gasteiger partial charge < -0.3 is 15.2 Å². The number of nitrogens with zero attached hydrogens (tertiary/aromatic N) is 6. The summed E-state index contributed by atoms with van der Waals surface area (Å²) < 4.78 is 1.75. The summed E-state index contributed by atoms with van der Waals surface area (Å²) in [5.41, 5.74) is 3.64. The Bertz CT molecular complexity index is 1200. The Labute approximate surface area is 173 Å². The highest BCUT2D eigenvalue weighted by molar-refractivity contribution is 5.93. The van der Waals surface area contributed by atoms with E-state index in [0.717, 1.165) is 53.5 Å². The van der Waals surface area contributed by atoms with Gasteiger partial charge in [-0.2, -0.15) is 10.1 Å². The lowest BCUT2D eigenvalue weighted by molar-refractivity contribution is -0.133. The third kappa shape index (κ3) is 3.36. The predicted molar refractivity (Wildman–Crippen MR) is 114 cm³/mol. The van der Waals surface area contributed by atoms with Crippen LogP contribution in [0.5, 0.6) is 0 Å². The molecule has 0 unspecified atom stereocenters. The van der Waals surface area contributed by atoms with Gasteiger partial charge in [0.05, 0.1) is 0 Å². The van der Waals surface area contributed by atoms with E-state index in [-0.39, 0.29) is 17.9 Å². The highest BCUT2D eigenvalue weighted by Gasteiger charge is 2.27. The maximum absolute atomic E-state index is 12.2. The second kappa shape index (κ2) is 7.40. The molecule has 5 rings (SSSR count). The molecule has 4 aromatic heterocycles. The zero-order chi connectivity index (χ0) is 20.7. The summed E-state index contributed by atoms with van der Waals surface area (Å²) in [5.74, 6) is 0.980. The number of hydrogen-bond acceptors (Lipinski definition) is 6. The van der Waals surface area contributed by atoms with E-state index in [1.165, 1.54) is 0 Å². The van der Waals surface area contributed by atoms with Crippen molar-refractivity contribution in [2.45, 2.75) is 31.7 Å². The van der Waals surface area contributed by atoms with Crippen LogP contribution in [0.15, 0.2) is 37.1 Å². The average molecular weight is 404 g/mol. The van der Waals surface area contributed by atoms with Crippen LogP contribution in [0.4, 0.5) is 5.95 Å². The highest BCUT2D eigenvalue weighted by Crippen LogP contribution is 2.30. The molecule has 1 amide bonds. The van der Waals surface area contributed by atoms with Crippen molar-refractivity contribution in [1.82, 2.24) is 34.4 Å². The molecule has 4 aromatic rings. The summed E-state index contributed by atoms with van der Waals surface area (Å²) in [7, 11) is 3.65. The minimum Gasteiger partial charge on any atom is -0.351 e. The van der Waals surface area contributed by atoms with Gasteiger partial charge in [-0.1, -0.05) is 0 Å². The fraction of sp³-hybridized carbons (Fsp3) is 0.381. The van der Waals surface area contributed by atoms with Gasteiger partial charge in [-0.15, -0.1) is 0 Å². The van der Waals surface area contributed by atoms with Gasteiger partial charge >= 0.3 is 0 Å². The smallest absolute Gasteiger partial charge is 0.225 e. The molecule has 154 valence electrons. The van der Waals surface area contributed by atoms with Gasteiger partial charge in [0.25, 0.3) is 0 Å². The van der Waals surface area contributed by atoms with Crippen LogP contribution in [0.2, 0.25) is 0 Å². The number of amides is 1. The number of H-pyrrole nitrogens is 1. The van der Waals surface area contributed by atoms with Gasteiger partial charge in [-0.3, -0.25) is 4.79 Å². The number of rotatable bonds is 4. The number of hydrogen-bond donors (Lipinski definition) is 2. The second-order valence-electron chi connectivity index (χ2n) is 8.06. The number of anilines is 1. The minimum atomic E-state index is 0.134. The Balaban J connectivity index is 1.31. The van der Waals surface area contributed by atoms with E-state index >= 15 is 0 Å². The molecule has 9 nitrogen and oxygen atoms in total. The molecule has 30 heavy (non-hydrogen) atoms. The first-order chi connectivity index (χ1) is 14.6. The Morgan fingerprint density at radius 2 is 2.03 bits per heavy atom. The number of carbonyl (C=O) groups is 1. The predicted octanol–water partition coefficient (Wildman–Crippen LogP) is 2.73. The Morgan fingerprint density at radius 1 is 1.20 bits per heavy atom. The van der Waals surface area contributed by atoms with Gasteiger partial charge in [0.2, 0.25) is 11.9 Å². The van der Waals surface area contributed by atoms with Crippen molar-refractivity contribution in [1.29, 1.82) is 0 Å². The van der Waals surface area contributed by atoms with Crippen molar-refractivity contribution in [2.24, 2.45) is 5.92 Å². The summed E-state index contributed by atoms with van der Waals surface area (Å²) >= 11 is 0. The first-order valence-electron chi connectivity index (χ1n) is 10.2. The number of fused-ring (bicyclic) bond motifs is 2. The normalized spacial score (nSPS) is 19.3. The van der Waals surface area contributed by atoms with Crippen LogP contribution >= 0.6 is 0 Å². The molecule has 2 N–H and O–H groups in total. The van der Waals surface area contributed by atoms with Crippen LogP contribution in [-0.4, -0.2) is 60.5 Å². The van der Waals surface area contributed by atoms with E-state index in [1.54, 1.807) is 15.7 Å². The SMILES string of the molecule is CN(C)C(=O)C1CCC(Nc2ncc3c(-c4ccc5ncnn5c4)c[nH]c3n2)CC1. The molecule has 1 fully saturated rings. The summed E-state index contributed by atoms with van der Waals surface area (Å²) in [6.45, 7) is 0. The third-order valence-electron chi connectivity index (χ3n) is 5.87. The maximum Gasteiger partial charge on any atom is 0.225 e. The lowest BCUT2D eigenvalue weighted by Gasteiger charge is -2.29. The first kappa shape index (κ1) is 18.5. The third-order valence-corrected chi connectivity index (χ3v) is 5.87. The summed E-state index contributed by atoms with van der Waals surface area (Å²) in [6.07, 6.45) is 11.0. The summed E-state index contributed by atoms with van der Waals surface area (Å²) in [6, 6.07) is 4.25. The van der Waals surface area contributed by atoms with E-state index in [1.807, 2.05) is 44.8 Å². The van der Waals surface area contributed by atoms with Gasteiger partial charge in [0, 0.05) is 61.2 Å². The fourth-order valence-electron chi connectivity index (χ4n) is 4.22. The number of carbonyl (C=O) groups excluding carboxylic acids is 1. The van der Waals surface area contributed by atoms with Crippen LogP contribution in [0.25, 0.3) is 27.8 Å². The molecule has 0 atom stereocenters. The van der Waals surface area contributed by atoms with E-state index in [4.69, 9.17) is 0 Å². The Hall–Kier alpha value is -3.49. The number of nitrogens with one attached hydrogen (secondary N) is 2. The van der Waals surface area contributed by atoms with Crippen molar-refractivity contribution in [3.05, 3.63) is 37.1 Å². The fourth-order valence-corrected chi connectivity index (χ4v) is 4.22. The van der Waals surface area contributed by atoms with Crippen molar-refractivity contribution in [3.8, 4) is 11.1 Å². The van der Waals surface area contributed by atoms with Crippen LogP contribution in [0.1, 0.15) is 25.7 Å². The van der Waals surface area contributed by atoms with Crippen molar-refractivity contribution in [3.63, 3.8) is 0 Å². The Morgan fingerprint density at radius 3 is 2.83 bits per heavy atom. The van der Waals surface area contributed by atoms with Gasteiger partial charge in [-0.25, -0.2) is 14.5 Å². The molecule has 0 bridgehead atoms. The number of aromatic nitrogens is 6. The average Bonchev–Trinajstić information content (AvgIpc) is 3.39. The van der Waals surface area contributed by atoms with Crippen molar-refractivity contribution < 1.29 is 4.79 Å². The van der Waals surface area contributed by atoms with E-state index in [9.17, 15) is 4.79 Å². The first-order valence-corrected chi connectivity index (χ1v) is 10.2. The van der Waals surface area contributed by atoms with E-state index in [0.29, 0.717) is 5.95 Å². The zero-order valence-corrected chi connectivity index (χ0v) is 17.0. The van der Waals surface area contributed by atoms with Crippen LogP contribution in [0, 0.1) is 5.92 Å². The molecule has 1 saturated carbocycles. The topological polar surface area (TPSA) is 104 Å². The molecule has 0 spiro atoms. The zero-order valence-electron chi connectivity index (χ0n) is 17.0. The molecule has 9 heteroatoms. The number of aromatic amines is 1. The maximum atomic E-state index is 12.2. The molecule has 0 aromatic carbocycles. The van der Waals surface area contributed by atoms with Crippen molar-refractivity contribution >= 4 is 28.5 Å². The van der Waals surface area contributed by atoms with Crippen molar-refractivity contribution in [2.75, 3.05) is 19.4 Å². The molecular formula is C21H24N8O. The van der Waals surface area contributed by atoms with Gasteiger partial charge in [-0.05, 0) is 37.8 Å². The van der Waals surface area contributed by atoms with Gasteiger partial charge in [0.15, 0.2) is 5.65 Å². The molecule has 1 aliphatic carbocycles. The molecular weight excluding hydrogens is 380 g/mol. The van der Waals surface area contributed by atoms with E-state index in [2.05, 4.69) is 30.4 Å². The molecule has 0 aliphatic heterocycles.